The van der Waals surface area contributed by atoms with E-state index in [4.69, 9.17) is 5.11 Å². The minimum absolute atomic E-state index is 0.0860. The zero-order valence-corrected chi connectivity index (χ0v) is 10.7. The smallest absolute Gasteiger partial charge is 0.305 e. The average Bonchev–Trinajstić information content (AvgIpc) is 2.81. The Morgan fingerprint density at radius 3 is 2.89 bits per heavy atom. The van der Waals surface area contributed by atoms with Gasteiger partial charge in [0, 0.05) is 12.7 Å². The monoisotopic (exact) mass is 280 g/mol. The van der Waals surface area contributed by atoms with E-state index in [1.807, 2.05) is 0 Å². The van der Waals surface area contributed by atoms with E-state index in [9.17, 15) is 14.7 Å². The van der Waals surface area contributed by atoms with Crippen molar-refractivity contribution < 1.29 is 19.8 Å². The number of carbonyl (C=O) groups excluding carboxylic acids is 1. The Bertz CT molecular complexity index is 623. The van der Waals surface area contributed by atoms with Crippen LogP contribution in [0.2, 0.25) is 0 Å². The first-order chi connectivity index (χ1) is 9.11. The van der Waals surface area contributed by atoms with E-state index >= 15 is 0 Å². The lowest BCUT2D eigenvalue weighted by atomic mass is 10.2. The first kappa shape index (κ1) is 13.4. The van der Waals surface area contributed by atoms with Gasteiger partial charge < -0.3 is 15.5 Å². The number of carboxylic acid groups (broad SMARTS) is 1. The predicted octanol–water partition coefficient (Wildman–Crippen LogP) is 0.993. The van der Waals surface area contributed by atoms with Gasteiger partial charge in [-0.1, -0.05) is 0 Å². The molecule has 7 heteroatoms. The number of nitrogens with zero attached hydrogens (tertiary/aromatic N) is 1. The fourth-order valence-corrected chi connectivity index (χ4v) is 2.63. The number of pyridine rings is 1. The molecule has 2 rings (SSSR count). The summed E-state index contributed by atoms with van der Waals surface area (Å²) in [5.74, 6) is -1.28. The van der Waals surface area contributed by atoms with Crippen LogP contribution in [0.5, 0.6) is 0 Å². The number of hydrogen-bond acceptors (Lipinski definition) is 5. The summed E-state index contributed by atoms with van der Waals surface area (Å²) in [6, 6.07) is 3.33. The summed E-state index contributed by atoms with van der Waals surface area (Å²) >= 11 is 1.23. The first-order valence-electron chi connectivity index (χ1n) is 5.60. The van der Waals surface area contributed by atoms with E-state index in [0.717, 1.165) is 10.3 Å². The second-order valence-corrected chi connectivity index (χ2v) is 4.91. The van der Waals surface area contributed by atoms with Gasteiger partial charge >= 0.3 is 5.97 Å². The lowest BCUT2D eigenvalue weighted by molar-refractivity contribution is -0.136. The number of aromatic nitrogens is 1. The highest BCUT2D eigenvalue weighted by Gasteiger charge is 2.13. The van der Waals surface area contributed by atoms with E-state index in [1.165, 1.54) is 11.3 Å². The Morgan fingerprint density at radius 1 is 1.42 bits per heavy atom. The van der Waals surface area contributed by atoms with Crippen LogP contribution in [0, 0.1) is 0 Å². The minimum Gasteiger partial charge on any atom is -0.481 e. The molecule has 0 saturated carbocycles. The lowest BCUT2D eigenvalue weighted by Gasteiger charge is -1.99. The Kier molecular flexibility index (Phi) is 4.08. The lowest BCUT2D eigenvalue weighted by Crippen LogP contribution is -2.25. The van der Waals surface area contributed by atoms with Crippen molar-refractivity contribution in [2.24, 2.45) is 0 Å². The maximum Gasteiger partial charge on any atom is 0.305 e. The molecule has 6 nitrogen and oxygen atoms in total. The summed E-state index contributed by atoms with van der Waals surface area (Å²) in [7, 11) is 0. The van der Waals surface area contributed by atoms with Gasteiger partial charge in [0.15, 0.2) is 0 Å². The highest BCUT2D eigenvalue weighted by molar-refractivity contribution is 7.21. The molecule has 19 heavy (non-hydrogen) atoms. The molecule has 3 N–H and O–H groups in total. The Morgan fingerprint density at radius 2 is 2.21 bits per heavy atom. The van der Waals surface area contributed by atoms with Crippen LogP contribution in [0.1, 0.15) is 21.7 Å². The van der Waals surface area contributed by atoms with Crippen molar-refractivity contribution in [2.75, 3.05) is 6.54 Å². The van der Waals surface area contributed by atoms with Crippen LogP contribution in [0.25, 0.3) is 10.2 Å². The van der Waals surface area contributed by atoms with E-state index in [1.54, 1.807) is 18.3 Å². The third-order valence-electron chi connectivity index (χ3n) is 2.51. The van der Waals surface area contributed by atoms with Gasteiger partial charge in [-0.2, -0.15) is 0 Å². The van der Waals surface area contributed by atoms with Gasteiger partial charge in [0.05, 0.1) is 28.1 Å². The number of aliphatic hydroxyl groups excluding tert-OH is 1. The van der Waals surface area contributed by atoms with Crippen molar-refractivity contribution in [1.29, 1.82) is 0 Å². The van der Waals surface area contributed by atoms with Gasteiger partial charge in [-0.3, -0.25) is 14.6 Å². The zero-order chi connectivity index (χ0) is 13.8. The summed E-state index contributed by atoms with van der Waals surface area (Å²) < 4.78 is 0.772. The van der Waals surface area contributed by atoms with Crippen LogP contribution >= 0.6 is 11.3 Å². The number of aliphatic carboxylic acids is 1. The first-order valence-corrected chi connectivity index (χ1v) is 6.41. The van der Waals surface area contributed by atoms with Crippen LogP contribution in [0.4, 0.5) is 0 Å². The van der Waals surface area contributed by atoms with Crippen molar-refractivity contribution >= 4 is 33.4 Å². The number of hydrogen-bond donors (Lipinski definition) is 3. The van der Waals surface area contributed by atoms with Gasteiger partial charge in [0.1, 0.15) is 0 Å². The van der Waals surface area contributed by atoms with Crippen LogP contribution in [0.15, 0.2) is 18.3 Å². The molecule has 0 fully saturated rings. The van der Waals surface area contributed by atoms with Crippen molar-refractivity contribution in [2.45, 2.75) is 13.0 Å². The molecule has 0 atom stereocenters. The molecule has 1 amide bonds. The summed E-state index contributed by atoms with van der Waals surface area (Å²) in [6.45, 7) is -0.0255. The molecule has 2 heterocycles. The summed E-state index contributed by atoms with van der Waals surface area (Å²) in [5, 5.41) is 20.2. The molecule has 0 aromatic carbocycles. The van der Waals surface area contributed by atoms with E-state index in [0.29, 0.717) is 10.4 Å². The number of thiophene rings is 1. The second kappa shape index (κ2) is 5.77. The van der Waals surface area contributed by atoms with E-state index in [-0.39, 0.29) is 25.5 Å². The molecule has 0 unspecified atom stereocenters. The van der Waals surface area contributed by atoms with Crippen LogP contribution < -0.4 is 5.32 Å². The minimum atomic E-state index is -0.958. The number of nitrogens with one attached hydrogen (secondary N) is 1. The van der Waals surface area contributed by atoms with Crippen molar-refractivity contribution in [3.05, 3.63) is 28.8 Å². The molecule has 0 aliphatic heterocycles. The third kappa shape index (κ3) is 3.07. The molecular formula is C12H12N2O4S. The molecule has 0 aliphatic rings. The molecule has 0 spiro atoms. The largest absolute Gasteiger partial charge is 0.481 e. The maximum atomic E-state index is 11.8. The van der Waals surface area contributed by atoms with E-state index < -0.39 is 5.97 Å². The Labute approximate surface area is 112 Å². The number of rotatable bonds is 5. The van der Waals surface area contributed by atoms with Gasteiger partial charge in [-0.15, -0.1) is 11.3 Å². The number of carboxylic acids is 1. The second-order valence-electron chi connectivity index (χ2n) is 3.85. The standard InChI is InChI=1S/C12H12N2O4S/c15-6-7-1-3-13-8-5-9(19-11(7)8)12(18)14-4-2-10(16)17/h1,3,5,15H,2,4,6H2,(H,14,18)(H,16,17). The SMILES string of the molecule is O=C(O)CCNC(=O)c1cc2nccc(CO)c2s1. The molecule has 100 valence electrons. The fraction of sp³-hybridized carbons (Fsp3) is 0.250. The van der Waals surface area contributed by atoms with Crippen molar-refractivity contribution in [3.63, 3.8) is 0 Å². The van der Waals surface area contributed by atoms with Gasteiger partial charge in [-0.05, 0) is 17.7 Å². The molecule has 0 aliphatic carbocycles. The molecule has 0 bridgehead atoms. The van der Waals surface area contributed by atoms with Crippen molar-refractivity contribution in [1.82, 2.24) is 10.3 Å². The predicted molar refractivity (Wildman–Crippen MR) is 70.1 cm³/mol. The summed E-state index contributed by atoms with van der Waals surface area (Å²) in [5.41, 5.74) is 1.37. The van der Waals surface area contributed by atoms with Crippen LogP contribution in [0.3, 0.4) is 0 Å². The topological polar surface area (TPSA) is 99.5 Å². The number of fused-ring (bicyclic) bond motifs is 1. The average molecular weight is 280 g/mol. The number of aliphatic hydroxyl groups is 1. The fourth-order valence-electron chi connectivity index (χ4n) is 1.60. The molecule has 0 radical (unpaired) electrons. The normalized spacial score (nSPS) is 10.6. The molecule has 2 aromatic heterocycles. The Hall–Kier alpha value is -1.99. The van der Waals surface area contributed by atoms with Crippen molar-refractivity contribution in [3.8, 4) is 0 Å². The highest BCUT2D eigenvalue weighted by Crippen LogP contribution is 2.27. The van der Waals surface area contributed by atoms with Crippen LogP contribution in [-0.2, 0) is 11.4 Å². The number of carbonyl (C=O) groups is 2. The third-order valence-corrected chi connectivity index (χ3v) is 3.71. The molecule has 0 saturated heterocycles. The highest BCUT2D eigenvalue weighted by atomic mass is 32.1. The quantitative estimate of drug-likeness (QED) is 0.758. The van der Waals surface area contributed by atoms with Gasteiger partial charge in [-0.25, -0.2) is 0 Å². The molecular weight excluding hydrogens is 268 g/mol. The molecule has 2 aromatic rings. The number of amides is 1. The van der Waals surface area contributed by atoms with Crippen LogP contribution in [-0.4, -0.2) is 33.6 Å². The van der Waals surface area contributed by atoms with Gasteiger partial charge in [0.25, 0.3) is 5.91 Å². The Balaban J connectivity index is 2.16. The van der Waals surface area contributed by atoms with E-state index in [2.05, 4.69) is 10.3 Å². The maximum absolute atomic E-state index is 11.8. The van der Waals surface area contributed by atoms with Gasteiger partial charge in [0.2, 0.25) is 0 Å². The summed E-state index contributed by atoms with van der Waals surface area (Å²) in [6.07, 6.45) is 1.46. The zero-order valence-electron chi connectivity index (χ0n) is 9.92. The summed E-state index contributed by atoms with van der Waals surface area (Å²) in [4.78, 5) is 26.7.